The Morgan fingerprint density at radius 1 is 1.21 bits per heavy atom. The van der Waals surface area contributed by atoms with Crippen molar-refractivity contribution in [2.24, 2.45) is 0 Å². The zero-order chi connectivity index (χ0) is 20.4. The number of para-hydroxylation sites is 2. The molecule has 0 unspecified atom stereocenters. The third-order valence-electron chi connectivity index (χ3n) is 4.23. The largest absolute Gasteiger partial charge is 0.482 e. The highest BCUT2D eigenvalue weighted by atomic mass is 32.2. The third-order valence-corrected chi connectivity index (χ3v) is 5.29. The summed E-state index contributed by atoms with van der Waals surface area (Å²) in [4.78, 5) is 19.6. The van der Waals surface area contributed by atoms with Crippen LogP contribution in [0.25, 0.3) is 10.9 Å². The van der Waals surface area contributed by atoms with E-state index >= 15 is 0 Å². The van der Waals surface area contributed by atoms with Gasteiger partial charge in [0.1, 0.15) is 12.4 Å². The molecule has 4 rings (SSSR count). The Hall–Kier alpha value is -3.40. The zero-order valence-corrected chi connectivity index (χ0v) is 16.2. The van der Waals surface area contributed by atoms with Crippen molar-refractivity contribution in [3.05, 3.63) is 76.4 Å². The van der Waals surface area contributed by atoms with E-state index in [2.05, 4.69) is 20.2 Å². The smallest absolute Gasteiger partial charge is 0.258 e. The number of ether oxygens (including phenoxy) is 1. The van der Waals surface area contributed by atoms with E-state index in [1.807, 2.05) is 13.0 Å². The number of fused-ring (bicyclic) bond motifs is 1. The average molecular weight is 412 g/mol. The van der Waals surface area contributed by atoms with E-state index in [4.69, 9.17) is 10.6 Å². The quantitative estimate of drug-likeness (QED) is 0.370. The Bertz CT molecular complexity index is 1220. The van der Waals surface area contributed by atoms with Crippen LogP contribution in [-0.4, -0.2) is 24.8 Å². The summed E-state index contributed by atoms with van der Waals surface area (Å²) < 4.78 is 20.4. The molecule has 0 spiro atoms. The number of rotatable bonds is 6. The van der Waals surface area contributed by atoms with Crippen molar-refractivity contribution >= 4 is 22.7 Å². The number of nitrogens with two attached hydrogens (primary N) is 1. The zero-order valence-electron chi connectivity index (χ0n) is 15.4. The molecule has 10 heteroatoms. The summed E-state index contributed by atoms with van der Waals surface area (Å²) in [6.45, 7) is 1.84. The van der Waals surface area contributed by atoms with E-state index in [1.54, 1.807) is 30.3 Å². The summed E-state index contributed by atoms with van der Waals surface area (Å²) in [5.41, 5.74) is 0.415. The number of hydrogen-bond donors (Lipinski definition) is 2. The molecular formula is C19H17FN6O2S. The molecule has 0 aliphatic heterocycles. The van der Waals surface area contributed by atoms with Gasteiger partial charge in [-0.15, -0.1) is 10.2 Å². The van der Waals surface area contributed by atoms with Gasteiger partial charge in [-0.1, -0.05) is 36.0 Å². The topological polar surface area (TPSA) is 112 Å². The van der Waals surface area contributed by atoms with E-state index in [1.165, 1.54) is 28.6 Å². The fraction of sp³-hybridized carbons (Fsp3) is 0.158. The van der Waals surface area contributed by atoms with Gasteiger partial charge in [0.05, 0.1) is 16.2 Å². The summed E-state index contributed by atoms with van der Waals surface area (Å²) >= 11 is 1.29. The monoisotopic (exact) mass is 412 g/mol. The van der Waals surface area contributed by atoms with E-state index in [9.17, 15) is 9.18 Å². The van der Waals surface area contributed by atoms with Gasteiger partial charge in [-0.2, -0.15) is 0 Å². The molecule has 0 bridgehead atoms. The van der Waals surface area contributed by atoms with E-state index in [0.717, 1.165) is 0 Å². The predicted molar refractivity (Wildman–Crippen MR) is 108 cm³/mol. The maximum atomic E-state index is 13.7. The van der Waals surface area contributed by atoms with Gasteiger partial charge in [0, 0.05) is 0 Å². The van der Waals surface area contributed by atoms with Gasteiger partial charge >= 0.3 is 0 Å². The lowest BCUT2D eigenvalue weighted by Gasteiger charge is -2.11. The maximum Gasteiger partial charge on any atom is 0.258 e. The summed E-state index contributed by atoms with van der Waals surface area (Å²) in [6, 6.07) is 13.2. The van der Waals surface area contributed by atoms with E-state index in [0.29, 0.717) is 27.7 Å². The lowest BCUT2D eigenvalue weighted by atomic mass is 10.2. The first-order valence-electron chi connectivity index (χ1n) is 8.75. The molecule has 0 amide bonds. The van der Waals surface area contributed by atoms with Gasteiger partial charge in [-0.05, 0) is 31.2 Å². The Morgan fingerprint density at radius 3 is 2.79 bits per heavy atom. The highest BCUT2D eigenvalue weighted by Crippen LogP contribution is 2.31. The number of hydrogen-bond acceptors (Lipinski definition) is 7. The minimum atomic E-state index is -0.467. The number of H-pyrrole nitrogens is 1. The summed E-state index contributed by atoms with van der Waals surface area (Å²) in [6.07, 6.45) is 0. The molecule has 0 aliphatic carbocycles. The summed E-state index contributed by atoms with van der Waals surface area (Å²) in [7, 11) is 0. The number of aromatic nitrogens is 5. The second-order valence-corrected chi connectivity index (χ2v) is 7.52. The molecule has 1 atom stereocenters. The van der Waals surface area contributed by atoms with Crippen LogP contribution in [0.3, 0.4) is 0 Å². The normalized spacial score (nSPS) is 12.2. The van der Waals surface area contributed by atoms with Gasteiger partial charge in [0.25, 0.3) is 5.56 Å². The van der Waals surface area contributed by atoms with E-state index in [-0.39, 0.29) is 23.2 Å². The number of nitrogens with zero attached hydrogens (tertiary/aromatic N) is 4. The Labute approximate surface area is 168 Å². The highest BCUT2D eigenvalue weighted by Gasteiger charge is 2.18. The van der Waals surface area contributed by atoms with Gasteiger partial charge in [0.2, 0.25) is 5.16 Å². The van der Waals surface area contributed by atoms with Crippen LogP contribution in [0.1, 0.15) is 23.8 Å². The van der Waals surface area contributed by atoms with Crippen molar-refractivity contribution in [3.8, 4) is 5.75 Å². The van der Waals surface area contributed by atoms with Gasteiger partial charge in [-0.3, -0.25) is 4.79 Å². The van der Waals surface area contributed by atoms with Gasteiger partial charge in [-0.25, -0.2) is 14.1 Å². The molecule has 2 heterocycles. The molecule has 3 N–H and O–H groups in total. The number of thioether (sulfide) groups is 1. The van der Waals surface area contributed by atoms with Crippen LogP contribution in [-0.2, 0) is 6.61 Å². The lowest BCUT2D eigenvalue weighted by molar-refractivity contribution is 0.277. The van der Waals surface area contributed by atoms with Crippen molar-refractivity contribution in [3.63, 3.8) is 0 Å². The molecular weight excluding hydrogens is 395 g/mol. The minimum Gasteiger partial charge on any atom is -0.482 e. The summed E-state index contributed by atoms with van der Waals surface area (Å²) in [5.74, 6) is 6.54. The Balaban J connectivity index is 1.50. The summed E-state index contributed by atoms with van der Waals surface area (Å²) in [5, 5.41) is 8.77. The minimum absolute atomic E-state index is 0.0373. The predicted octanol–water partition coefficient (Wildman–Crippen LogP) is 2.80. The van der Waals surface area contributed by atoms with E-state index < -0.39 is 5.82 Å². The van der Waals surface area contributed by atoms with Crippen molar-refractivity contribution in [2.75, 3.05) is 5.84 Å². The first-order valence-corrected chi connectivity index (χ1v) is 9.63. The SMILES string of the molecule is C[C@H](Sc1nnc(COc2ccccc2F)n1N)c1nc2ccccc2c(=O)[nH]1. The van der Waals surface area contributed by atoms with Gasteiger partial charge < -0.3 is 15.6 Å². The number of benzene rings is 2. The molecule has 2 aromatic carbocycles. The fourth-order valence-corrected chi connectivity index (χ4v) is 3.55. The molecule has 8 nitrogen and oxygen atoms in total. The number of nitrogen functional groups attached to an aromatic ring is 1. The Kier molecular flexibility index (Phi) is 5.17. The lowest BCUT2D eigenvalue weighted by Crippen LogP contribution is -2.17. The van der Waals surface area contributed by atoms with Crippen LogP contribution in [0.15, 0.2) is 58.5 Å². The van der Waals surface area contributed by atoms with Crippen LogP contribution in [0.4, 0.5) is 4.39 Å². The maximum absolute atomic E-state index is 13.7. The molecule has 0 saturated heterocycles. The van der Waals surface area contributed by atoms with Crippen LogP contribution >= 0.6 is 11.8 Å². The molecule has 0 fully saturated rings. The standard InChI is InChI=1S/C19H17FN6O2S/c1-11(17-22-14-8-4-2-6-12(14)18(27)23-17)29-19-25-24-16(26(19)21)10-28-15-9-5-3-7-13(15)20/h2-9,11H,10,21H2,1H3,(H,22,23,27)/t11-/m0/s1. The van der Waals surface area contributed by atoms with Crippen molar-refractivity contribution in [1.29, 1.82) is 0 Å². The fourth-order valence-electron chi connectivity index (χ4n) is 2.70. The molecule has 148 valence electrons. The average Bonchev–Trinajstić information content (AvgIpc) is 3.07. The van der Waals surface area contributed by atoms with Gasteiger partial charge in [0.15, 0.2) is 17.4 Å². The van der Waals surface area contributed by atoms with Crippen molar-refractivity contribution < 1.29 is 9.13 Å². The Morgan fingerprint density at radius 2 is 1.97 bits per heavy atom. The first kappa shape index (κ1) is 18.9. The second-order valence-electron chi connectivity index (χ2n) is 6.22. The third kappa shape index (κ3) is 3.92. The van der Waals surface area contributed by atoms with Crippen molar-refractivity contribution in [2.45, 2.75) is 23.9 Å². The molecule has 0 saturated carbocycles. The molecule has 29 heavy (non-hydrogen) atoms. The molecule has 4 aromatic rings. The number of aromatic amines is 1. The highest BCUT2D eigenvalue weighted by molar-refractivity contribution is 7.99. The van der Waals surface area contributed by atoms with Crippen LogP contribution in [0, 0.1) is 5.82 Å². The van der Waals surface area contributed by atoms with Crippen LogP contribution in [0.5, 0.6) is 5.75 Å². The molecule has 0 radical (unpaired) electrons. The molecule has 2 aromatic heterocycles. The van der Waals surface area contributed by atoms with Crippen molar-refractivity contribution in [1.82, 2.24) is 24.8 Å². The second kappa shape index (κ2) is 7.92. The number of nitrogens with one attached hydrogen (secondary N) is 1. The molecule has 0 aliphatic rings. The van der Waals surface area contributed by atoms with Crippen LogP contribution in [0.2, 0.25) is 0 Å². The van der Waals surface area contributed by atoms with Crippen LogP contribution < -0.4 is 16.1 Å². The first-order chi connectivity index (χ1) is 14.0. The number of halogens is 1.